The van der Waals surface area contributed by atoms with Gasteiger partial charge in [-0.15, -0.1) is 11.3 Å². The number of nitrogen functional groups attached to an aromatic ring is 1. The van der Waals surface area contributed by atoms with Gasteiger partial charge in [-0.3, -0.25) is 0 Å². The molecule has 0 aromatic carbocycles. The maximum Gasteiger partial charge on any atom is 0.131 e. The van der Waals surface area contributed by atoms with Gasteiger partial charge in [-0.2, -0.15) is 0 Å². The van der Waals surface area contributed by atoms with Crippen LogP contribution in [0.4, 0.5) is 5.82 Å². The fourth-order valence-corrected chi connectivity index (χ4v) is 3.10. The number of hydrogen-bond acceptors (Lipinski definition) is 5. The summed E-state index contributed by atoms with van der Waals surface area (Å²) in [5.74, 6) is 0.589. The van der Waals surface area contributed by atoms with Crippen LogP contribution in [0.15, 0.2) is 33.1 Å². The Kier molecular flexibility index (Phi) is 3.23. The van der Waals surface area contributed by atoms with Crippen LogP contribution < -0.4 is 5.73 Å². The molecule has 2 N–H and O–H groups in total. The van der Waals surface area contributed by atoms with Crippen molar-refractivity contribution in [3.05, 3.63) is 29.4 Å². The normalized spacial score (nSPS) is 10.5. The maximum atomic E-state index is 5.80. The first kappa shape index (κ1) is 10.4. The number of hydrogen-bond donors (Lipinski definition) is 1. The monoisotopic (exact) mass is 237 g/mol. The van der Waals surface area contributed by atoms with Gasteiger partial charge in [-0.1, -0.05) is 24.8 Å². The fraction of sp³-hybridized carbons (Fsp3) is 0.200. The third kappa shape index (κ3) is 2.30. The Morgan fingerprint density at radius 3 is 3.00 bits per heavy atom. The molecule has 0 atom stereocenters. The molecule has 0 aliphatic carbocycles. The zero-order valence-corrected chi connectivity index (χ0v) is 9.94. The van der Waals surface area contributed by atoms with Crippen LogP contribution in [-0.2, 0) is 6.42 Å². The van der Waals surface area contributed by atoms with Crippen LogP contribution in [0.5, 0.6) is 0 Å². The van der Waals surface area contributed by atoms with Crippen LogP contribution in [0.25, 0.3) is 0 Å². The molecule has 2 rings (SSSR count). The number of nitrogens with zero attached hydrogens (tertiary/aromatic N) is 2. The van der Waals surface area contributed by atoms with Gasteiger partial charge in [-0.05, 0) is 17.9 Å². The molecule has 2 heterocycles. The van der Waals surface area contributed by atoms with Crippen molar-refractivity contribution in [2.75, 3.05) is 5.73 Å². The van der Waals surface area contributed by atoms with E-state index in [9.17, 15) is 0 Å². The largest absolute Gasteiger partial charge is 0.383 e. The molecule has 0 aliphatic heterocycles. The van der Waals surface area contributed by atoms with Gasteiger partial charge in [0, 0.05) is 5.56 Å². The molecule has 0 aliphatic rings. The lowest BCUT2D eigenvalue weighted by atomic mass is 10.2. The zero-order chi connectivity index (χ0) is 10.7. The van der Waals surface area contributed by atoms with E-state index in [4.69, 9.17) is 5.73 Å². The number of thiophene rings is 1. The van der Waals surface area contributed by atoms with Crippen LogP contribution in [0.1, 0.15) is 12.5 Å². The van der Waals surface area contributed by atoms with Crippen LogP contribution in [0.2, 0.25) is 0 Å². The highest BCUT2D eigenvalue weighted by molar-refractivity contribution is 8.01. The molecule has 0 saturated heterocycles. The SMILES string of the molecule is CCc1c(N)ncnc1Sc1cccs1. The molecule has 0 spiro atoms. The molecule has 15 heavy (non-hydrogen) atoms. The Labute approximate surface area is 96.8 Å². The molecule has 3 nitrogen and oxygen atoms in total. The number of aromatic nitrogens is 2. The molecule has 0 unspecified atom stereocenters. The smallest absolute Gasteiger partial charge is 0.131 e. The molecule has 0 fully saturated rings. The summed E-state index contributed by atoms with van der Waals surface area (Å²) >= 11 is 3.35. The van der Waals surface area contributed by atoms with Crippen molar-refractivity contribution < 1.29 is 0 Å². The van der Waals surface area contributed by atoms with E-state index in [-0.39, 0.29) is 0 Å². The van der Waals surface area contributed by atoms with E-state index in [1.165, 1.54) is 10.5 Å². The molecule has 0 saturated carbocycles. The van der Waals surface area contributed by atoms with Crippen molar-refractivity contribution >= 4 is 28.9 Å². The number of rotatable bonds is 3. The summed E-state index contributed by atoms with van der Waals surface area (Å²) in [7, 11) is 0. The maximum absolute atomic E-state index is 5.80. The van der Waals surface area contributed by atoms with Crippen molar-refractivity contribution in [1.29, 1.82) is 0 Å². The lowest BCUT2D eigenvalue weighted by molar-refractivity contribution is 0.954. The van der Waals surface area contributed by atoms with E-state index in [0.717, 1.165) is 17.0 Å². The highest BCUT2D eigenvalue weighted by Gasteiger charge is 2.08. The lowest BCUT2D eigenvalue weighted by Gasteiger charge is -2.06. The number of anilines is 1. The van der Waals surface area contributed by atoms with E-state index in [0.29, 0.717) is 5.82 Å². The van der Waals surface area contributed by atoms with Crippen molar-refractivity contribution in [1.82, 2.24) is 9.97 Å². The predicted octanol–water partition coefficient (Wildman–Crippen LogP) is 2.83. The quantitative estimate of drug-likeness (QED) is 0.834. The first-order chi connectivity index (χ1) is 7.31. The average molecular weight is 237 g/mol. The van der Waals surface area contributed by atoms with E-state index < -0.39 is 0 Å². The Hall–Kier alpha value is -1.07. The molecule has 0 radical (unpaired) electrons. The Morgan fingerprint density at radius 2 is 2.33 bits per heavy atom. The molecule has 0 amide bonds. The summed E-state index contributed by atoms with van der Waals surface area (Å²) in [6.07, 6.45) is 2.38. The van der Waals surface area contributed by atoms with E-state index in [2.05, 4.69) is 28.3 Å². The van der Waals surface area contributed by atoms with E-state index in [1.807, 2.05) is 6.07 Å². The summed E-state index contributed by atoms with van der Waals surface area (Å²) in [6, 6.07) is 4.11. The highest BCUT2D eigenvalue weighted by atomic mass is 32.2. The first-order valence-electron chi connectivity index (χ1n) is 4.62. The predicted molar refractivity (Wildman–Crippen MR) is 64.3 cm³/mol. The molecule has 78 valence electrons. The lowest BCUT2D eigenvalue weighted by Crippen LogP contribution is -2.00. The van der Waals surface area contributed by atoms with Crippen molar-refractivity contribution in [2.24, 2.45) is 0 Å². The third-order valence-corrected chi connectivity index (χ3v) is 4.07. The second kappa shape index (κ2) is 4.63. The zero-order valence-electron chi connectivity index (χ0n) is 8.30. The summed E-state index contributed by atoms with van der Waals surface area (Å²) in [6.45, 7) is 2.06. The van der Waals surface area contributed by atoms with Crippen LogP contribution in [-0.4, -0.2) is 9.97 Å². The molecule has 0 bridgehead atoms. The van der Waals surface area contributed by atoms with Crippen LogP contribution in [0.3, 0.4) is 0 Å². The third-order valence-electron chi connectivity index (χ3n) is 1.99. The molecule has 2 aromatic heterocycles. The van der Waals surface area contributed by atoms with Gasteiger partial charge in [0.1, 0.15) is 17.2 Å². The molecular weight excluding hydrogens is 226 g/mol. The average Bonchev–Trinajstić information content (AvgIpc) is 2.71. The van der Waals surface area contributed by atoms with Crippen LogP contribution in [0, 0.1) is 0 Å². The van der Waals surface area contributed by atoms with Gasteiger partial charge in [-0.25, -0.2) is 9.97 Å². The highest BCUT2D eigenvalue weighted by Crippen LogP contribution is 2.33. The molecule has 5 heteroatoms. The minimum Gasteiger partial charge on any atom is -0.383 e. The van der Waals surface area contributed by atoms with Crippen LogP contribution >= 0.6 is 23.1 Å². The van der Waals surface area contributed by atoms with Crippen molar-refractivity contribution in [2.45, 2.75) is 22.6 Å². The van der Waals surface area contributed by atoms with Gasteiger partial charge in [0.05, 0.1) is 4.21 Å². The van der Waals surface area contributed by atoms with E-state index in [1.54, 1.807) is 23.1 Å². The first-order valence-corrected chi connectivity index (χ1v) is 6.31. The summed E-state index contributed by atoms with van der Waals surface area (Å²) in [5, 5.41) is 3.02. The summed E-state index contributed by atoms with van der Waals surface area (Å²) in [5.41, 5.74) is 6.84. The summed E-state index contributed by atoms with van der Waals surface area (Å²) in [4.78, 5) is 8.26. The van der Waals surface area contributed by atoms with E-state index >= 15 is 0 Å². The fourth-order valence-electron chi connectivity index (χ4n) is 1.25. The van der Waals surface area contributed by atoms with Gasteiger partial charge in [0.2, 0.25) is 0 Å². The minimum atomic E-state index is 0.589. The second-order valence-corrected chi connectivity index (χ2v) is 5.17. The van der Waals surface area contributed by atoms with Gasteiger partial charge >= 0.3 is 0 Å². The molecular formula is C10H11N3S2. The van der Waals surface area contributed by atoms with Crippen molar-refractivity contribution in [3.8, 4) is 0 Å². The van der Waals surface area contributed by atoms with Gasteiger partial charge < -0.3 is 5.73 Å². The summed E-state index contributed by atoms with van der Waals surface area (Å²) < 4.78 is 1.22. The Morgan fingerprint density at radius 1 is 1.47 bits per heavy atom. The standard InChI is InChI=1S/C10H11N3S2/c1-2-7-9(11)12-6-13-10(7)15-8-4-3-5-14-8/h3-6H,2H2,1H3,(H2,11,12,13). The topological polar surface area (TPSA) is 51.8 Å². The van der Waals surface area contributed by atoms with Crippen molar-refractivity contribution in [3.63, 3.8) is 0 Å². The second-order valence-electron chi connectivity index (χ2n) is 2.93. The molecule has 2 aromatic rings. The van der Waals surface area contributed by atoms with Gasteiger partial charge in [0.25, 0.3) is 0 Å². The number of nitrogens with two attached hydrogens (primary N) is 1. The minimum absolute atomic E-state index is 0.589. The Balaban J connectivity index is 2.32. The Bertz CT molecular complexity index is 440. The van der Waals surface area contributed by atoms with Gasteiger partial charge in [0.15, 0.2) is 0 Å².